The standard InChI is InChI=1S/C20H26ClNSi/c1-23(2,3)17-11-9-16(10-12-17)18-13-20(21)22-14-19(18)15-7-5-4-6-8-15/h9-15H,4-8H2,1-3H3. The van der Waals surface area contributed by atoms with Gasteiger partial charge in [0.15, 0.2) is 0 Å². The number of pyridine rings is 1. The lowest BCUT2D eigenvalue weighted by atomic mass is 9.82. The largest absolute Gasteiger partial charge is 0.244 e. The van der Waals surface area contributed by atoms with Gasteiger partial charge in [-0.05, 0) is 41.5 Å². The molecule has 2 aromatic rings. The molecular weight excluding hydrogens is 318 g/mol. The van der Waals surface area contributed by atoms with Crippen molar-refractivity contribution < 1.29 is 0 Å². The molecule has 1 aromatic heterocycles. The number of benzene rings is 1. The fourth-order valence-electron chi connectivity index (χ4n) is 3.58. The van der Waals surface area contributed by atoms with Gasteiger partial charge in [-0.25, -0.2) is 4.98 Å². The van der Waals surface area contributed by atoms with Crippen LogP contribution >= 0.6 is 11.6 Å². The first-order valence-electron chi connectivity index (χ1n) is 8.71. The fourth-order valence-corrected chi connectivity index (χ4v) is 4.90. The summed E-state index contributed by atoms with van der Waals surface area (Å²) in [5.41, 5.74) is 3.94. The van der Waals surface area contributed by atoms with E-state index in [0.29, 0.717) is 11.1 Å². The molecule has 0 unspecified atom stereocenters. The zero-order valence-corrected chi connectivity index (χ0v) is 16.2. The molecule has 1 fully saturated rings. The molecule has 0 radical (unpaired) electrons. The molecule has 0 atom stereocenters. The molecule has 0 saturated heterocycles. The quantitative estimate of drug-likeness (QED) is 0.492. The molecule has 1 nitrogen and oxygen atoms in total. The molecule has 0 N–H and O–H groups in total. The second kappa shape index (κ2) is 6.78. The Bertz CT molecular complexity index is 667. The van der Waals surface area contributed by atoms with Crippen molar-refractivity contribution >= 4 is 24.9 Å². The monoisotopic (exact) mass is 343 g/mol. The zero-order valence-electron chi connectivity index (χ0n) is 14.4. The van der Waals surface area contributed by atoms with Crippen molar-refractivity contribution in [3.8, 4) is 11.1 Å². The minimum absolute atomic E-state index is 0.592. The van der Waals surface area contributed by atoms with Crippen LogP contribution in [0.2, 0.25) is 24.8 Å². The number of hydrogen-bond acceptors (Lipinski definition) is 1. The Balaban J connectivity index is 1.99. The van der Waals surface area contributed by atoms with E-state index < -0.39 is 8.07 Å². The molecule has 0 spiro atoms. The lowest BCUT2D eigenvalue weighted by Gasteiger charge is -2.24. The maximum Gasteiger partial charge on any atom is 0.129 e. The average Bonchev–Trinajstić information content (AvgIpc) is 2.55. The van der Waals surface area contributed by atoms with Gasteiger partial charge in [0.05, 0.1) is 8.07 Å². The molecule has 1 saturated carbocycles. The molecule has 3 heteroatoms. The Kier molecular flexibility index (Phi) is 4.93. The Morgan fingerprint density at radius 2 is 1.65 bits per heavy atom. The summed E-state index contributed by atoms with van der Waals surface area (Å²) >= 11 is 6.21. The van der Waals surface area contributed by atoms with E-state index >= 15 is 0 Å². The van der Waals surface area contributed by atoms with E-state index in [4.69, 9.17) is 11.6 Å². The lowest BCUT2D eigenvalue weighted by Crippen LogP contribution is -2.37. The molecule has 1 aliphatic rings. The number of hydrogen-bond donors (Lipinski definition) is 0. The van der Waals surface area contributed by atoms with E-state index in [1.807, 2.05) is 6.20 Å². The first-order chi connectivity index (χ1) is 10.9. The van der Waals surface area contributed by atoms with Gasteiger partial charge >= 0.3 is 0 Å². The highest BCUT2D eigenvalue weighted by Crippen LogP contribution is 2.38. The summed E-state index contributed by atoms with van der Waals surface area (Å²) in [7, 11) is -1.25. The Morgan fingerprint density at radius 3 is 2.26 bits per heavy atom. The summed E-state index contributed by atoms with van der Waals surface area (Å²) < 4.78 is 0. The van der Waals surface area contributed by atoms with Crippen LogP contribution < -0.4 is 5.19 Å². The third-order valence-corrected chi connectivity index (χ3v) is 7.28. The molecule has 1 heterocycles. The van der Waals surface area contributed by atoms with Crippen molar-refractivity contribution in [2.75, 3.05) is 0 Å². The van der Waals surface area contributed by atoms with E-state index in [9.17, 15) is 0 Å². The van der Waals surface area contributed by atoms with Crippen LogP contribution in [0.5, 0.6) is 0 Å². The van der Waals surface area contributed by atoms with Crippen molar-refractivity contribution in [3.63, 3.8) is 0 Å². The molecule has 3 rings (SSSR count). The minimum Gasteiger partial charge on any atom is -0.244 e. The minimum atomic E-state index is -1.25. The van der Waals surface area contributed by atoms with Crippen molar-refractivity contribution in [2.24, 2.45) is 0 Å². The predicted molar refractivity (Wildman–Crippen MR) is 103 cm³/mol. The molecule has 23 heavy (non-hydrogen) atoms. The van der Waals surface area contributed by atoms with E-state index in [-0.39, 0.29) is 0 Å². The third-order valence-electron chi connectivity index (χ3n) is 5.01. The Labute approximate surface area is 146 Å². The van der Waals surface area contributed by atoms with Crippen molar-refractivity contribution in [1.29, 1.82) is 0 Å². The lowest BCUT2D eigenvalue weighted by molar-refractivity contribution is 0.443. The predicted octanol–water partition coefficient (Wildman–Crippen LogP) is 5.99. The molecule has 122 valence electrons. The van der Waals surface area contributed by atoms with Crippen LogP contribution in [0, 0.1) is 0 Å². The molecule has 0 aliphatic heterocycles. The first-order valence-corrected chi connectivity index (χ1v) is 12.6. The van der Waals surface area contributed by atoms with Gasteiger partial charge < -0.3 is 0 Å². The molecule has 0 amide bonds. The average molecular weight is 344 g/mol. The molecule has 1 aromatic carbocycles. The Hall–Kier alpha value is -1.12. The van der Waals surface area contributed by atoms with Crippen LogP contribution in [0.15, 0.2) is 36.5 Å². The van der Waals surface area contributed by atoms with E-state index in [1.165, 1.54) is 54.0 Å². The summed E-state index contributed by atoms with van der Waals surface area (Å²) in [6, 6.07) is 11.2. The fraction of sp³-hybridized carbons (Fsp3) is 0.450. The molecule has 1 aliphatic carbocycles. The number of nitrogens with zero attached hydrogens (tertiary/aromatic N) is 1. The SMILES string of the molecule is C[Si](C)(C)c1ccc(-c2cc(Cl)ncc2C2CCCCC2)cc1. The summed E-state index contributed by atoms with van der Waals surface area (Å²) in [6.07, 6.45) is 8.62. The summed E-state index contributed by atoms with van der Waals surface area (Å²) in [5, 5.41) is 2.09. The van der Waals surface area contributed by atoms with E-state index in [0.717, 1.165) is 0 Å². The van der Waals surface area contributed by atoms with Gasteiger partial charge in [-0.3, -0.25) is 0 Å². The van der Waals surface area contributed by atoms with Gasteiger partial charge in [0.1, 0.15) is 5.15 Å². The van der Waals surface area contributed by atoms with Crippen molar-refractivity contribution in [1.82, 2.24) is 4.98 Å². The highest BCUT2D eigenvalue weighted by Gasteiger charge is 2.21. The van der Waals surface area contributed by atoms with Crippen molar-refractivity contribution in [2.45, 2.75) is 57.7 Å². The van der Waals surface area contributed by atoms with Gasteiger partial charge in [-0.15, -0.1) is 0 Å². The van der Waals surface area contributed by atoms with Gasteiger partial charge in [0, 0.05) is 6.20 Å². The van der Waals surface area contributed by atoms with Crippen LogP contribution in [0.25, 0.3) is 11.1 Å². The molecular formula is C20H26ClNSi. The maximum absolute atomic E-state index is 6.21. The van der Waals surface area contributed by atoms with Gasteiger partial charge in [0.25, 0.3) is 0 Å². The highest BCUT2D eigenvalue weighted by molar-refractivity contribution is 6.88. The number of rotatable bonds is 3. The van der Waals surface area contributed by atoms with E-state index in [1.54, 1.807) is 0 Å². The smallest absolute Gasteiger partial charge is 0.129 e. The highest BCUT2D eigenvalue weighted by atomic mass is 35.5. The molecule has 0 bridgehead atoms. The van der Waals surface area contributed by atoms with Gasteiger partial charge in [-0.2, -0.15) is 0 Å². The van der Waals surface area contributed by atoms with E-state index in [2.05, 4.69) is 55.0 Å². The second-order valence-corrected chi connectivity index (χ2v) is 13.2. The first kappa shape index (κ1) is 16.7. The van der Waals surface area contributed by atoms with Crippen LogP contribution in [0.3, 0.4) is 0 Å². The van der Waals surface area contributed by atoms with Gasteiger partial charge in [-0.1, -0.05) is 80.0 Å². The topological polar surface area (TPSA) is 12.9 Å². The third kappa shape index (κ3) is 3.86. The normalized spacial score (nSPS) is 16.5. The summed E-state index contributed by atoms with van der Waals surface area (Å²) in [5.74, 6) is 0.639. The second-order valence-electron chi connectivity index (χ2n) is 7.76. The van der Waals surface area contributed by atoms with Crippen LogP contribution in [0.1, 0.15) is 43.6 Å². The van der Waals surface area contributed by atoms with Crippen molar-refractivity contribution in [3.05, 3.63) is 47.2 Å². The number of aromatic nitrogens is 1. The van der Waals surface area contributed by atoms with Crippen LogP contribution in [0.4, 0.5) is 0 Å². The van der Waals surface area contributed by atoms with Gasteiger partial charge in [0.2, 0.25) is 0 Å². The number of halogens is 1. The summed E-state index contributed by atoms with van der Waals surface area (Å²) in [6.45, 7) is 7.16. The summed E-state index contributed by atoms with van der Waals surface area (Å²) in [4.78, 5) is 4.37. The van der Waals surface area contributed by atoms with Crippen LogP contribution in [-0.2, 0) is 0 Å². The van der Waals surface area contributed by atoms with Crippen LogP contribution in [-0.4, -0.2) is 13.1 Å². The zero-order chi connectivity index (χ0) is 16.4. The Morgan fingerprint density at radius 1 is 1.00 bits per heavy atom. The maximum atomic E-state index is 6.21.